The molecule has 74 valence electrons. The van der Waals surface area contributed by atoms with Gasteiger partial charge >= 0.3 is 0 Å². The van der Waals surface area contributed by atoms with Crippen LogP contribution in [-0.2, 0) is 5.54 Å². The van der Waals surface area contributed by atoms with Crippen molar-refractivity contribution in [3.05, 3.63) is 35.6 Å². The van der Waals surface area contributed by atoms with Crippen molar-refractivity contribution in [1.82, 2.24) is 5.32 Å². The maximum atomic E-state index is 13.7. The molecule has 1 N–H and O–H groups in total. The van der Waals surface area contributed by atoms with Crippen molar-refractivity contribution < 1.29 is 4.39 Å². The van der Waals surface area contributed by atoms with Gasteiger partial charge in [-0.1, -0.05) is 18.2 Å². The summed E-state index contributed by atoms with van der Waals surface area (Å²) in [7, 11) is 0. The van der Waals surface area contributed by atoms with E-state index < -0.39 is 0 Å². The molecule has 1 saturated carbocycles. The molecule has 2 aliphatic rings. The van der Waals surface area contributed by atoms with Gasteiger partial charge in [-0.3, -0.25) is 0 Å². The zero-order valence-electron chi connectivity index (χ0n) is 8.09. The molecule has 2 atom stereocenters. The average molecular weight is 191 g/mol. The van der Waals surface area contributed by atoms with Gasteiger partial charge in [0, 0.05) is 11.1 Å². The Morgan fingerprint density at radius 1 is 1.36 bits per heavy atom. The monoisotopic (exact) mass is 191 g/mol. The van der Waals surface area contributed by atoms with Gasteiger partial charge in [0.25, 0.3) is 0 Å². The lowest BCUT2D eigenvalue weighted by Crippen LogP contribution is -2.38. The van der Waals surface area contributed by atoms with Gasteiger partial charge in [-0.2, -0.15) is 0 Å². The Morgan fingerprint density at radius 3 is 2.79 bits per heavy atom. The minimum Gasteiger partial charge on any atom is -0.307 e. The highest BCUT2D eigenvalue weighted by Gasteiger charge is 2.46. The zero-order valence-corrected chi connectivity index (χ0v) is 8.09. The first-order chi connectivity index (χ1) is 6.80. The third-order valence-corrected chi connectivity index (χ3v) is 3.74. The van der Waals surface area contributed by atoms with Crippen molar-refractivity contribution in [2.45, 2.75) is 24.8 Å². The standard InChI is InChI=1S/C12H14FN/c13-11-4-2-1-3-10(11)12-6-5-9(7-12)8-14-12/h1-4,9,14H,5-8H2. The molecule has 1 heterocycles. The van der Waals surface area contributed by atoms with Gasteiger partial charge in [0.1, 0.15) is 5.82 Å². The summed E-state index contributed by atoms with van der Waals surface area (Å²) >= 11 is 0. The molecule has 2 unspecified atom stereocenters. The number of nitrogens with one attached hydrogen (secondary N) is 1. The van der Waals surface area contributed by atoms with Crippen LogP contribution in [0, 0.1) is 11.7 Å². The number of hydrogen-bond donors (Lipinski definition) is 1. The van der Waals surface area contributed by atoms with E-state index in [1.807, 2.05) is 12.1 Å². The normalized spacial score (nSPS) is 35.1. The molecule has 1 saturated heterocycles. The lowest BCUT2D eigenvalue weighted by atomic mass is 9.89. The van der Waals surface area contributed by atoms with Crippen molar-refractivity contribution in [3.8, 4) is 0 Å². The third-order valence-electron chi connectivity index (χ3n) is 3.74. The van der Waals surface area contributed by atoms with Gasteiger partial charge in [-0.25, -0.2) is 4.39 Å². The highest BCUT2D eigenvalue weighted by atomic mass is 19.1. The van der Waals surface area contributed by atoms with Crippen LogP contribution in [0.3, 0.4) is 0 Å². The van der Waals surface area contributed by atoms with E-state index >= 15 is 0 Å². The minimum absolute atomic E-state index is 0.0317. The number of rotatable bonds is 1. The Labute approximate surface area is 83.3 Å². The van der Waals surface area contributed by atoms with Gasteiger partial charge in [0.2, 0.25) is 0 Å². The first kappa shape index (κ1) is 8.42. The largest absolute Gasteiger partial charge is 0.307 e. The highest BCUT2D eigenvalue weighted by Crippen LogP contribution is 2.47. The summed E-state index contributed by atoms with van der Waals surface area (Å²) < 4.78 is 13.7. The molecule has 0 spiro atoms. The number of piperidine rings is 1. The van der Waals surface area contributed by atoms with Crippen LogP contribution < -0.4 is 5.32 Å². The van der Waals surface area contributed by atoms with Crippen LogP contribution in [0.1, 0.15) is 24.8 Å². The second-order valence-corrected chi connectivity index (χ2v) is 4.55. The van der Waals surface area contributed by atoms with Crippen LogP contribution in [0.25, 0.3) is 0 Å². The fraction of sp³-hybridized carbons (Fsp3) is 0.500. The lowest BCUT2D eigenvalue weighted by Gasteiger charge is -2.28. The summed E-state index contributed by atoms with van der Waals surface area (Å²) in [6.45, 7) is 1.06. The molecule has 2 bridgehead atoms. The lowest BCUT2D eigenvalue weighted by molar-refractivity contribution is 0.359. The molecule has 0 amide bonds. The summed E-state index contributed by atoms with van der Waals surface area (Å²) in [4.78, 5) is 0. The van der Waals surface area contributed by atoms with Crippen molar-refractivity contribution >= 4 is 0 Å². The number of fused-ring (bicyclic) bond motifs is 2. The second kappa shape index (κ2) is 2.80. The first-order valence-electron chi connectivity index (χ1n) is 5.30. The van der Waals surface area contributed by atoms with E-state index in [1.165, 1.54) is 6.42 Å². The van der Waals surface area contributed by atoms with Crippen LogP contribution in [0.15, 0.2) is 24.3 Å². The molecule has 1 aromatic carbocycles. The molecule has 0 radical (unpaired) electrons. The van der Waals surface area contributed by atoms with Crippen molar-refractivity contribution in [3.63, 3.8) is 0 Å². The maximum Gasteiger partial charge on any atom is 0.128 e. The summed E-state index contributed by atoms with van der Waals surface area (Å²) in [5, 5.41) is 3.49. The van der Waals surface area contributed by atoms with Gasteiger partial charge in [-0.15, -0.1) is 0 Å². The minimum atomic E-state index is -0.0532. The zero-order chi connectivity index (χ0) is 9.60. The first-order valence-corrected chi connectivity index (χ1v) is 5.30. The topological polar surface area (TPSA) is 12.0 Å². The SMILES string of the molecule is Fc1ccccc1C12CCC(CN1)C2. The van der Waals surface area contributed by atoms with Gasteiger partial charge in [-0.05, 0) is 37.8 Å². The molecular weight excluding hydrogens is 177 g/mol. The smallest absolute Gasteiger partial charge is 0.128 e. The number of benzene rings is 1. The number of halogens is 1. The second-order valence-electron chi connectivity index (χ2n) is 4.55. The predicted molar refractivity (Wildman–Crippen MR) is 53.4 cm³/mol. The maximum absolute atomic E-state index is 13.7. The van der Waals surface area contributed by atoms with Crippen LogP contribution in [0.2, 0.25) is 0 Å². The summed E-state index contributed by atoms with van der Waals surface area (Å²) in [5.74, 6) is 0.720. The van der Waals surface area contributed by atoms with Crippen molar-refractivity contribution in [1.29, 1.82) is 0 Å². The summed E-state index contributed by atoms with van der Waals surface area (Å²) in [6.07, 6.45) is 3.47. The molecule has 2 heteroatoms. The molecule has 1 aliphatic carbocycles. The molecule has 2 fully saturated rings. The highest BCUT2D eigenvalue weighted by molar-refractivity contribution is 5.29. The van der Waals surface area contributed by atoms with Crippen molar-refractivity contribution in [2.75, 3.05) is 6.54 Å². The average Bonchev–Trinajstić information content (AvgIpc) is 2.79. The van der Waals surface area contributed by atoms with E-state index in [0.29, 0.717) is 0 Å². The molecule has 14 heavy (non-hydrogen) atoms. The van der Waals surface area contributed by atoms with E-state index in [0.717, 1.165) is 30.9 Å². The van der Waals surface area contributed by atoms with Gasteiger partial charge < -0.3 is 5.32 Å². The fourth-order valence-electron chi connectivity index (χ4n) is 3.01. The quantitative estimate of drug-likeness (QED) is 0.718. The summed E-state index contributed by atoms with van der Waals surface area (Å²) in [6, 6.07) is 7.19. The molecule has 1 aliphatic heterocycles. The summed E-state index contributed by atoms with van der Waals surface area (Å²) in [5.41, 5.74) is 0.843. The Bertz CT molecular complexity index is 353. The Morgan fingerprint density at radius 2 is 2.21 bits per heavy atom. The molecule has 0 aromatic heterocycles. The van der Waals surface area contributed by atoms with Crippen LogP contribution in [-0.4, -0.2) is 6.54 Å². The number of hydrogen-bond acceptors (Lipinski definition) is 1. The van der Waals surface area contributed by atoms with E-state index in [2.05, 4.69) is 5.32 Å². The van der Waals surface area contributed by atoms with E-state index in [1.54, 1.807) is 12.1 Å². The van der Waals surface area contributed by atoms with Gasteiger partial charge in [0.15, 0.2) is 0 Å². The van der Waals surface area contributed by atoms with Crippen LogP contribution >= 0.6 is 0 Å². The van der Waals surface area contributed by atoms with E-state index in [9.17, 15) is 4.39 Å². The predicted octanol–water partition coefficient (Wildman–Crippen LogP) is 2.42. The molecule has 1 nitrogen and oxygen atoms in total. The van der Waals surface area contributed by atoms with E-state index in [4.69, 9.17) is 0 Å². The Kier molecular flexibility index (Phi) is 1.68. The van der Waals surface area contributed by atoms with Crippen molar-refractivity contribution in [2.24, 2.45) is 5.92 Å². The third kappa shape index (κ3) is 1.04. The van der Waals surface area contributed by atoms with Crippen LogP contribution in [0.5, 0.6) is 0 Å². The molecule has 1 aromatic rings. The van der Waals surface area contributed by atoms with Crippen LogP contribution in [0.4, 0.5) is 4.39 Å². The Balaban J connectivity index is 2.06. The Hall–Kier alpha value is -0.890. The fourth-order valence-corrected chi connectivity index (χ4v) is 3.01. The van der Waals surface area contributed by atoms with E-state index in [-0.39, 0.29) is 11.4 Å². The van der Waals surface area contributed by atoms with Gasteiger partial charge in [0.05, 0.1) is 0 Å². The molecular formula is C12H14FN. The molecule has 3 rings (SSSR count).